The number of ether oxygens (including phenoxy) is 5. The minimum atomic E-state index is -3.82. The van der Waals surface area contributed by atoms with E-state index in [1.807, 2.05) is 32.0 Å². The molecule has 0 spiro atoms. The Morgan fingerprint density at radius 1 is 0.778 bits per heavy atom. The number of nitrogens with zero attached hydrogens (tertiary/aromatic N) is 1. The SMILES string of the molecule is COc1ccc(CCCNCCCN(C(C)C)S(=O)(=O)c2ccc(OC)c(OC)c2OC)cc1OC. The zero-order valence-electron chi connectivity index (χ0n) is 22.4. The van der Waals surface area contributed by atoms with Crippen LogP contribution in [0.25, 0.3) is 0 Å². The molecule has 2 aromatic carbocycles. The number of rotatable bonds is 16. The lowest BCUT2D eigenvalue weighted by Gasteiger charge is -2.27. The Morgan fingerprint density at radius 2 is 1.39 bits per heavy atom. The van der Waals surface area contributed by atoms with Crippen molar-refractivity contribution in [1.82, 2.24) is 9.62 Å². The van der Waals surface area contributed by atoms with Crippen molar-refractivity contribution >= 4 is 10.0 Å². The Labute approximate surface area is 215 Å². The molecule has 0 unspecified atom stereocenters. The maximum Gasteiger partial charge on any atom is 0.247 e. The van der Waals surface area contributed by atoms with Crippen LogP contribution in [-0.4, -0.2) is 73.9 Å². The van der Waals surface area contributed by atoms with E-state index in [1.165, 1.54) is 37.3 Å². The van der Waals surface area contributed by atoms with E-state index in [-0.39, 0.29) is 22.4 Å². The van der Waals surface area contributed by atoms with Crippen LogP contribution in [0.4, 0.5) is 0 Å². The minimum Gasteiger partial charge on any atom is -0.493 e. The molecule has 0 bridgehead atoms. The molecule has 2 aromatic rings. The van der Waals surface area contributed by atoms with E-state index < -0.39 is 10.0 Å². The Morgan fingerprint density at radius 3 is 1.97 bits per heavy atom. The predicted molar refractivity (Wildman–Crippen MR) is 140 cm³/mol. The second kappa shape index (κ2) is 14.2. The molecule has 0 saturated carbocycles. The van der Waals surface area contributed by atoms with Crippen LogP contribution in [0.1, 0.15) is 32.3 Å². The van der Waals surface area contributed by atoms with Gasteiger partial charge in [-0.25, -0.2) is 8.42 Å². The lowest BCUT2D eigenvalue weighted by molar-refractivity contribution is 0.314. The van der Waals surface area contributed by atoms with E-state index >= 15 is 0 Å². The number of hydrogen-bond acceptors (Lipinski definition) is 8. The van der Waals surface area contributed by atoms with E-state index in [9.17, 15) is 8.42 Å². The van der Waals surface area contributed by atoms with Crippen molar-refractivity contribution in [2.45, 2.75) is 44.0 Å². The maximum absolute atomic E-state index is 13.6. The van der Waals surface area contributed by atoms with E-state index in [1.54, 1.807) is 20.3 Å². The lowest BCUT2D eigenvalue weighted by atomic mass is 10.1. The molecule has 0 aliphatic rings. The molecule has 202 valence electrons. The van der Waals surface area contributed by atoms with Crippen LogP contribution in [0, 0.1) is 0 Å². The van der Waals surface area contributed by atoms with E-state index in [2.05, 4.69) is 5.32 Å². The van der Waals surface area contributed by atoms with Gasteiger partial charge in [-0.2, -0.15) is 4.31 Å². The number of methoxy groups -OCH3 is 5. The monoisotopic (exact) mass is 524 g/mol. The zero-order chi connectivity index (χ0) is 26.7. The van der Waals surface area contributed by atoms with Gasteiger partial charge in [0.15, 0.2) is 23.0 Å². The van der Waals surface area contributed by atoms with Gasteiger partial charge in [0.05, 0.1) is 35.5 Å². The van der Waals surface area contributed by atoms with E-state index in [0.29, 0.717) is 25.3 Å². The number of benzene rings is 2. The largest absolute Gasteiger partial charge is 0.493 e. The quantitative estimate of drug-likeness (QED) is 0.332. The number of sulfonamides is 1. The number of nitrogens with one attached hydrogen (secondary N) is 1. The summed E-state index contributed by atoms with van der Waals surface area (Å²) in [6, 6.07) is 8.79. The summed E-state index contributed by atoms with van der Waals surface area (Å²) in [5.41, 5.74) is 1.18. The van der Waals surface area contributed by atoms with Gasteiger partial charge in [0, 0.05) is 12.6 Å². The first-order chi connectivity index (χ1) is 17.2. The van der Waals surface area contributed by atoms with Crippen LogP contribution >= 0.6 is 0 Å². The van der Waals surface area contributed by atoms with Gasteiger partial charge in [-0.15, -0.1) is 0 Å². The third-order valence-corrected chi connectivity index (χ3v) is 7.93. The van der Waals surface area contributed by atoms with Crippen molar-refractivity contribution in [3.8, 4) is 28.7 Å². The Kier molecular flexibility index (Phi) is 11.6. The third-order valence-electron chi connectivity index (χ3n) is 5.83. The molecule has 0 aliphatic carbocycles. The summed E-state index contributed by atoms with van der Waals surface area (Å²) in [6.07, 6.45) is 2.52. The van der Waals surface area contributed by atoms with Gasteiger partial charge in [-0.05, 0) is 76.0 Å². The summed E-state index contributed by atoms with van der Waals surface area (Å²) < 4.78 is 55.3. The van der Waals surface area contributed by atoms with Gasteiger partial charge in [0.2, 0.25) is 15.8 Å². The highest BCUT2D eigenvalue weighted by molar-refractivity contribution is 7.89. The Bertz CT molecular complexity index is 1070. The second-order valence-electron chi connectivity index (χ2n) is 8.44. The van der Waals surface area contributed by atoms with Crippen molar-refractivity contribution in [2.75, 3.05) is 55.2 Å². The molecule has 0 amide bonds. The summed E-state index contributed by atoms with van der Waals surface area (Å²) in [7, 11) is 3.79. The second-order valence-corrected chi connectivity index (χ2v) is 10.3. The molecule has 0 aliphatic heterocycles. The van der Waals surface area contributed by atoms with Crippen LogP contribution in [0.5, 0.6) is 28.7 Å². The standard InChI is InChI=1S/C26H40N2O7S/c1-19(2)28(36(29,30)24-14-13-22(32-4)25(34-6)26(24)35-7)17-9-16-27-15-8-10-20-11-12-21(31-3)23(18-20)33-5/h11-14,18-19,27H,8-10,15-17H2,1-7H3. The Balaban J connectivity index is 1.94. The highest BCUT2D eigenvalue weighted by Gasteiger charge is 2.32. The van der Waals surface area contributed by atoms with Crippen LogP contribution in [0.2, 0.25) is 0 Å². The van der Waals surface area contributed by atoms with Gasteiger partial charge in [0.1, 0.15) is 4.90 Å². The average Bonchev–Trinajstić information content (AvgIpc) is 2.88. The molecule has 10 heteroatoms. The molecule has 36 heavy (non-hydrogen) atoms. The fraction of sp³-hybridized carbons (Fsp3) is 0.538. The molecule has 0 saturated heterocycles. The van der Waals surface area contributed by atoms with Crippen molar-refractivity contribution in [2.24, 2.45) is 0 Å². The van der Waals surface area contributed by atoms with Gasteiger partial charge in [0.25, 0.3) is 0 Å². The molecule has 1 N–H and O–H groups in total. The van der Waals surface area contributed by atoms with Crippen molar-refractivity contribution in [3.63, 3.8) is 0 Å². The van der Waals surface area contributed by atoms with Crippen molar-refractivity contribution < 1.29 is 32.1 Å². The number of hydrogen-bond donors (Lipinski definition) is 1. The predicted octanol–water partition coefficient (Wildman–Crippen LogP) is 3.74. The molecule has 9 nitrogen and oxygen atoms in total. The lowest BCUT2D eigenvalue weighted by Crippen LogP contribution is -2.39. The van der Waals surface area contributed by atoms with Crippen molar-refractivity contribution in [3.05, 3.63) is 35.9 Å². The first-order valence-corrected chi connectivity index (χ1v) is 13.4. The summed E-state index contributed by atoms with van der Waals surface area (Å²) in [5, 5.41) is 3.41. The summed E-state index contributed by atoms with van der Waals surface area (Å²) in [6.45, 7) is 5.63. The van der Waals surface area contributed by atoms with Gasteiger partial charge in [-0.3, -0.25) is 0 Å². The fourth-order valence-corrected chi connectivity index (χ4v) is 5.83. The molecule has 0 atom stereocenters. The van der Waals surface area contributed by atoms with Gasteiger partial charge < -0.3 is 29.0 Å². The molecule has 0 heterocycles. The van der Waals surface area contributed by atoms with Crippen LogP contribution in [-0.2, 0) is 16.4 Å². The van der Waals surface area contributed by atoms with E-state index in [4.69, 9.17) is 23.7 Å². The third kappa shape index (κ3) is 7.18. The van der Waals surface area contributed by atoms with E-state index in [0.717, 1.165) is 30.9 Å². The zero-order valence-corrected chi connectivity index (χ0v) is 23.2. The normalized spacial score (nSPS) is 11.6. The average molecular weight is 525 g/mol. The highest BCUT2D eigenvalue weighted by atomic mass is 32.2. The van der Waals surface area contributed by atoms with Crippen LogP contribution < -0.4 is 29.0 Å². The van der Waals surface area contributed by atoms with Gasteiger partial charge in [-0.1, -0.05) is 6.07 Å². The summed E-state index contributed by atoms with van der Waals surface area (Å²) >= 11 is 0. The highest BCUT2D eigenvalue weighted by Crippen LogP contribution is 2.42. The van der Waals surface area contributed by atoms with Gasteiger partial charge >= 0.3 is 0 Å². The topological polar surface area (TPSA) is 95.6 Å². The molecular formula is C26H40N2O7S. The Hall–Kier alpha value is -2.69. The minimum absolute atomic E-state index is 0.0548. The molecular weight excluding hydrogens is 484 g/mol. The molecule has 0 aromatic heterocycles. The molecule has 0 fully saturated rings. The fourth-order valence-electron chi connectivity index (χ4n) is 4.00. The van der Waals surface area contributed by atoms with Crippen LogP contribution in [0.15, 0.2) is 35.2 Å². The summed E-state index contributed by atoms with van der Waals surface area (Å²) in [4.78, 5) is 0.0548. The molecule has 0 radical (unpaired) electrons. The summed E-state index contributed by atoms with van der Waals surface area (Å²) in [5.74, 6) is 2.23. The maximum atomic E-state index is 13.6. The number of aryl methyl sites for hydroxylation is 1. The molecule has 2 rings (SSSR count). The smallest absolute Gasteiger partial charge is 0.247 e. The van der Waals surface area contributed by atoms with Crippen molar-refractivity contribution in [1.29, 1.82) is 0 Å². The van der Waals surface area contributed by atoms with Crippen LogP contribution in [0.3, 0.4) is 0 Å². The first-order valence-electron chi connectivity index (χ1n) is 12.0. The first kappa shape index (κ1) is 29.5.